The van der Waals surface area contributed by atoms with E-state index in [1.807, 2.05) is 40.4 Å². The zero-order valence-corrected chi connectivity index (χ0v) is 33.0. The maximum atomic E-state index is 14.2. The Kier molecular flexibility index (Phi) is 11.0. The molecule has 12 heteroatoms. The van der Waals surface area contributed by atoms with Crippen LogP contribution in [0.15, 0.2) is 91.3 Å². The number of nitrogens with zero attached hydrogens (tertiary/aromatic N) is 5. The molecule has 1 aliphatic carbocycles. The van der Waals surface area contributed by atoms with Crippen LogP contribution in [-0.2, 0) is 14.3 Å². The number of amides is 3. The summed E-state index contributed by atoms with van der Waals surface area (Å²) in [5.74, 6) is 1.66. The van der Waals surface area contributed by atoms with Crippen LogP contribution in [0.5, 0.6) is 0 Å². The first-order valence-electron chi connectivity index (χ1n) is 20.4. The van der Waals surface area contributed by atoms with E-state index in [1.54, 1.807) is 0 Å². The first-order valence-corrected chi connectivity index (χ1v) is 20.4. The van der Waals surface area contributed by atoms with E-state index in [2.05, 4.69) is 94.7 Å². The number of methoxy groups -OCH3 is 1. The summed E-state index contributed by atoms with van der Waals surface area (Å²) in [6, 6.07) is 26.4. The van der Waals surface area contributed by atoms with Crippen molar-refractivity contribution in [1.82, 2.24) is 40.0 Å². The average Bonchev–Trinajstić information content (AvgIpc) is 4.08. The van der Waals surface area contributed by atoms with Gasteiger partial charge in [-0.15, -0.1) is 0 Å². The molecule has 3 atom stereocenters. The van der Waals surface area contributed by atoms with Gasteiger partial charge in [-0.25, -0.2) is 14.8 Å². The van der Waals surface area contributed by atoms with Crippen molar-refractivity contribution in [2.24, 2.45) is 0 Å². The van der Waals surface area contributed by atoms with E-state index in [9.17, 15) is 14.4 Å². The highest BCUT2D eigenvalue weighted by Gasteiger charge is 2.50. The molecule has 57 heavy (non-hydrogen) atoms. The Labute approximate surface area is 334 Å². The van der Waals surface area contributed by atoms with Gasteiger partial charge in [0, 0.05) is 13.1 Å². The second-order valence-electron chi connectivity index (χ2n) is 15.5. The minimum Gasteiger partial charge on any atom is -0.453 e. The number of H-pyrrole nitrogens is 2. The molecule has 2 aromatic heterocycles. The smallest absolute Gasteiger partial charge is 0.407 e. The molecule has 3 N–H and O–H groups in total. The lowest BCUT2D eigenvalue weighted by atomic mass is 9.75. The van der Waals surface area contributed by atoms with Gasteiger partial charge in [-0.3, -0.25) is 14.5 Å². The molecule has 3 amide bonds. The van der Waals surface area contributed by atoms with Gasteiger partial charge < -0.3 is 29.8 Å². The third-order valence-electron chi connectivity index (χ3n) is 12.3. The molecule has 0 radical (unpaired) electrons. The third kappa shape index (κ3) is 7.46. The van der Waals surface area contributed by atoms with Crippen LogP contribution in [0, 0.1) is 0 Å². The van der Waals surface area contributed by atoms with E-state index in [1.165, 1.54) is 7.11 Å². The molecule has 3 aliphatic rings. The molecule has 4 heterocycles. The van der Waals surface area contributed by atoms with E-state index in [4.69, 9.17) is 14.7 Å². The molecule has 3 fully saturated rings. The fourth-order valence-corrected chi connectivity index (χ4v) is 8.93. The standard InChI is InChI=1S/C45H52N8O4/c1-4-51(5-2)39(34-12-7-6-8-13-34)42(54)52-26-9-14-37(52)40-46-28-35(48-40)32-20-16-30(17-21-32)31-18-22-33(23-19-31)36-29-47-41(49-36)38-15-10-27-53(38)43(55)45(24-11-25-45)50-44(56)57-3/h6-8,12-13,16-23,28-29,37-39H,4-5,9-11,14-15,24-27H2,1-3H3,(H,46,48)(H,47,49)(H,50,56)/t37-,38-,39+/m0/s1. The number of nitrogens with one attached hydrogen (secondary N) is 3. The predicted octanol–water partition coefficient (Wildman–Crippen LogP) is 7.82. The first kappa shape index (κ1) is 38.1. The summed E-state index contributed by atoms with van der Waals surface area (Å²) in [6.07, 6.45) is 8.77. The van der Waals surface area contributed by atoms with Crippen LogP contribution in [0.1, 0.15) is 94.1 Å². The quantitative estimate of drug-likeness (QED) is 0.118. The predicted molar refractivity (Wildman–Crippen MR) is 219 cm³/mol. The number of likely N-dealkylation sites (N-methyl/N-ethyl adjacent to an activating group) is 1. The second kappa shape index (κ2) is 16.4. The van der Waals surface area contributed by atoms with Gasteiger partial charge in [0.25, 0.3) is 0 Å². The molecule has 0 spiro atoms. The number of ether oxygens (including phenoxy) is 1. The van der Waals surface area contributed by atoms with Crippen molar-refractivity contribution in [3.05, 3.63) is 108 Å². The van der Waals surface area contributed by atoms with Gasteiger partial charge in [0.2, 0.25) is 11.8 Å². The molecule has 12 nitrogen and oxygen atoms in total. The summed E-state index contributed by atoms with van der Waals surface area (Å²) < 4.78 is 4.82. The van der Waals surface area contributed by atoms with Gasteiger partial charge in [0.05, 0.1) is 43.0 Å². The number of carbonyl (C=O) groups excluding carboxylic acids is 3. The summed E-state index contributed by atoms with van der Waals surface area (Å²) >= 11 is 0. The minimum absolute atomic E-state index is 0.0569. The summed E-state index contributed by atoms with van der Waals surface area (Å²) in [4.78, 5) is 62.7. The van der Waals surface area contributed by atoms with Crippen molar-refractivity contribution in [2.45, 2.75) is 82.5 Å². The van der Waals surface area contributed by atoms with E-state index >= 15 is 0 Å². The lowest BCUT2D eigenvalue weighted by molar-refractivity contribution is -0.143. The fraction of sp³-hybridized carbons (Fsp3) is 0.400. The van der Waals surface area contributed by atoms with E-state index < -0.39 is 11.6 Å². The maximum absolute atomic E-state index is 14.2. The molecule has 2 saturated heterocycles. The Bertz CT molecular complexity index is 2170. The highest BCUT2D eigenvalue weighted by atomic mass is 16.5. The number of likely N-dealkylation sites (tertiary alicyclic amines) is 2. The zero-order chi connectivity index (χ0) is 39.5. The third-order valence-corrected chi connectivity index (χ3v) is 12.3. The Morgan fingerprint density at radius 1 is 0.754 bits per heavy atom. The van der Waals surface area contributed by atoms with Crippen LogP contribution in [0.4, 0.5) is 4.79 Å². The SMILES string of the molecule is CCN(CC)[C@@H](C(=O)N1CCC[C@H]1c1ncc(-c2ccc(-c3ccc(-c4cnc([C@@H]5CCCN5C(=O)C5(NC(=O)OC)CCC5)[nH]4)cc3)cc2)[nH]1)c1ccccc1. The van der Waals surface area contributed by atoms with Gasteiger partial charge in [0.1, 0.15) is 23.2 Å². The second-order valence-corrected chi connectivity index (χ2v) is 15.5. The summed E-state index contributed by atoms with van der Waals surface area (Å²) in [5, 5.41) is 2.82. The number of benzene rings is 3. The van der Waals surface area contributed by atoms with Crippen LogP contribution in [0.25, 0.3) is 33.6 Å². The number of aromatic nitrogens is 4. The lowest BCUT2D eigenvalue weighted by Crippen LogP contribution is -2.63. The van der Waals surface area contributed by atoms with Crippen molar-refractivity contribution in [3.63, 3.8) is 0 Å². The fourth-order valence-electron chi connectivity index (χ4n) is 8.93. The average molecular weight is 769 g/mol. The van der Waals surface area contributed by atoms with Gasteiger partial charge in [0.15, 0.2) is 0 Å². The molecule has 0 unspecified atom stereocenters. The van der Waals surface area contributed by atoms with Crippen molar-refractivity contribution < 1.29 is 19.1 Å². The van der Waals surface area contributed by atoms with Crippen molar-refractivity contribution >= 4 is 17.9 Å². The summed E-state index contributed by atoms with van der Waals surface area (Å²) in [7, 11) is 1.32. The summed E-state index contributed by atoms with van der Waals surface area (Å²) in [6.45, 7) is 7.16. The Balaban J connectivity index is 0.928. The molecule has 8 rings (SSSR count). The number of hydrogen-bond donors (Lipinski definition) is 3. The molecular formula is C45H52N8O4. The molecular weight excluding hydrogens is 717 g/mol. The topological polar surface area (TPSA) is 140 Å². The number of carbonyl (C=O) groups is 3. The number of rotatable bonds is 12. The van der Waals surface area contributed by atoms with Crippen molar-refractivity contribution in [1.29, 1.82) is 0 Å². The van der Waals surface area contributed by atoms with Gasteiger partial charge >= 0.3 is 6.09 Å². The minimum atomic E-state index is -0.891. The summed E-state index contributed by atoms with van der Waals surface area (Å²) in [5.41, 5.74) is 6.17. The molecule has 296 valence electrons. The van der Waals surface area contributed by atoms with Gasteiger partial charge in [-0.2, -0.15) is 0 Å². The molecule has 3 aromatic carbocycles. The molecule has 5 aromatic rings. The Hall–Kier alpha value is -5.75. The van der Waals surface area contributed by atoms with Crippen molar-refractivity contribution in [2.75, 3.05) is 33.3 Å². The monoisotopic (exact) mass is 768 g/mol. The normalized spacial score (nSPS) is 19.4. The Morgan fingerprint density at radius 2 is 1.26 bits per heavy atom. The van der Waals surface area contributed by atoms with Crippen LogP contribution in [0.3, 0.4) is 0 Å². The molecule has 1 saturated carbocycles. The highest BCUT2D eigenvalue weighted by Crippen LogP contribution is 2.40. The molecule has 2 aliphatic heterocycles. The van der Waals surface area contributed by atoms with Crippen LogP contribution in [-0.4, -0.2) is 91.4 Å². The van der Waals surface area contributed by atoms with E-state index in [0.717, 1.165) is 103 Å². The zero-order valence-electron chi connectivity index (χ0n) is 33.0. The van der Waals surface area contributed by atoms with Crippen molar-refractivity contribution in [3.8, 4) is 33.6 Å². The Morgan fingerprint density at radius 3 is 1.75 bits per heavy atom. The number of alkyl carbamates (subject to hydrolysis) is 1. The van der Waals surface area contributed by atoms with Crippen LogP contribution >= 0.6 is 0 Å². The maximum Gasteiger partial charge on any atom is 0.407 e. The largest absolute Gasteiger partial charge is 0.453 e. The van der Waals surface area contributed by atoms with Gasteiger partial charge in [-0.1, -0.05) is 92.7 Å². The van der Waals surface area contributed by atoms with Crippen LogP contribution < -0.4 is 5.32 Å². The highest BCUT2D eigenvalue weighted by molar-refractivity contribution is 5.91. The van der Waals surface area contributed by atoms with E-state index in [-0.39, 0.29) is 29.9 Å². The van der Waals surface area contributed by atoms with E-state index in [0.29, 0.717) is 19.4 Å². The van der Waals surface area contributed by atoms with Gasteiger partial charge in [-0.05, 0) is 85.9 Å². The molecule has 0 bridgehead atoms. The first-order chi connectivity index (χ1) is 27.8. The number of aromatic amines is 2. The van der Waals surface area contributed by atoms with Crippen LogP contribution in [0.2, 0.25) is 0 Å². The number of imidazole rings is 2. The number of hydrogen-bond acceptors (Lipinski definition) is 7. The lowest BCUT2D eigenvalue weighted by Gasteiger charge is -2.43.